The molecule has 0 spiro atoms. The van der Waals surface area contributed by atoms with Gasteiger partial charge in [-0.2, -0.15) is 0 Å². The second-order valence-electron chi connectivity index (χ2n) is 10.9. The van der Waals surface area contributed by atoms with Crippen LogP contribution < -0.4 is 9.47 Å². The van der Waals surface area contributed by atoms with Gasteiger partial charge in [0.05, 0.1) is 18.7 Å². The maximum absolute atomic E-state index is 12.3. The first-order chi connectivity index (χ1) is 19.6. The van der Waals surface area contributed by atoms with Crippen molar-refractivity contribution >= 4 is 12.0 Å². The standard InChI is InChI=1S/C17H25NO3.C15H21NO4/c1-12(2)17(20)18-10-5-4-7-14(18)11-21-16-9-6-8-15(19)13(16)3;1-3-19-15(18)16-9-5-6-12(16)10-20-14-8-4-7-13(17)11(14)2/h6,8-9,12,14,19H,4-5,7,10-11H2,1-3H3;4,7-8,12,17H,3,5-6,9-10H2,1-2H3. The average Bonchev–Trinajstić information content (AvgIpc) is 3.44. The first-order valence-electron chi connectivity index (χ1n) is 14.7. The molecule has 0 saturated carbocycles. The lowest BCUT2D eigenvalue weighted by atomic mass is 10.0. The van der Waals surface area contributed by atoms with Crippen molar-refractivity contribution in [2.24, 2.45) is 5.92 Å². The Morgan fingerprint density at radius 1 is 0.829 bits per heavy atom. The number of aromatic hydroxyl groups is 2. The van der Waals surface area contributed by atoms with Gasteiger partial charge in [0.2, 0.25) is 5.91 Å². The molecule has 2 aliphatic rings. The number of hydrogen-bond acceptors (Lipinski definition) is 7. The molecule has 0 bridgehead atoms. The number of carbonyl (C=O) groups is 2. The van der Waals surface area contributed by atoms with Crippen LogP contribution in [-0.4, -0.2) is 77.0 Å². The topological polar surface area (TPSA) is 109 Å². The number of ether oxygens (including phenoxy) is 3. The smallest absolute Gasteiger partial charge is 0.410 e. The fourth-order valence-electron chi connectivity index (χ4n) is 5.14. The molecule has 2 aromatic carbocycles. The number of amides is 2. The second kappa shape index (κ2) is 15.4. The van der Waals surface area contributed by atoms with E-state index in [0.29, 0.717) is 43.4 Å². The van der Waals surface area contributed by atoms with Crippen LogP contribution in [0, 0.1) is 19.8 Å². The Morgan fingerprint density at radius 3 is 1.88 bits per heavy atom. The van der Waals surface area contributed by atoms with Crippen LogP contribution in [0.3, 0.4) is 0 Å². The largest absolute Gasteiger partial charge is 0.508 e. The van der Waals surface area contributed by atoms with Gasteiger partial charge in [0, 0.05) is 30.1 Å². The Morgan fingerprint density at radius 2 is 1.34 bits per heavy atom. The van der Waals surface area contributed by atoms with Crippen LogP contribution in [0.25, 0.3) is 0 Å². The summed E-state index contributed by atoms with van der Waals surface area (Å²) in [5.74, 6) is 2.03. The predicted octanol–water partition coefficient (Wildman–Crippen LogP) is 5.82. The van der Waals surface area contributed by atoms with Crippen molar-refractivity contribution in [1.29, 1.82) is 0 Å². The molecule has 2 heterocycles. The molecule has 2 N–H and O–H groups in total. The van der Waals surface area contributed by atoms with Crippen molar-refractivity contribution in [3.8, 4) is 23.0 Å². The number of piperidine rings is 1. The van der Waals surface area contributed by atoms with Gasteiger partial charge in [0.25, 0.3) is 0 Å². The normalized spacial score (nSPS) is 18.5. The maximum atomic E-state index is 12.3. The predicted molar refractivity (Wildman–Crippen MR) is 158 cm³/mol. The van der Waals surface area contributed by atoms with E-state index in [4.69, 9.17) is 14.2 Å². The van der Waals surface area contributed by atoms with Gasteiger partial charge in [-0.3, -0.25) is 4.79 Å². The summed E-state index contributed by atoms with van der Waals surface area (Å²) in [6.07, 6.45) is 4.79. The third-order valence-corrected chi connectivity index (χ3v) is 7.66. The average molecular weight is 571 g/mol. The molecule has 2 aliphatic heterocycles. The first-order valence-corrected chi connectivity index (χ1v) is 14.7. The van der Waals surface area contributed by atoms with Gasteiger partial charge in [0.1, 0.15) is 36.2 Å². The Kier molecular flexibility index (Phi) is 12.0. The summed E-state index contributed by atoms with van der Waals surface area (Å²) in [5, 5.41) is 19.3. The van der Waals surface area contributed by atoms with E-state index < -0.39 is 0 Å². The lowest BCUT2D eigenvalue weighted by Gasteiger charge is -2.36. The molecule has 0 aromatic heterocycles. The summed E-state index contributed by atoms with van der Waals surface area (Å²) >= 11 is 0. The monoisotopic (exact) mass is 570 g/mol. The Hall–Kier alpha value is -3.62. The highest BCUT2D eigenvalue weighted by atomic mass is 16.6. The highest BCUT2D eigenvalue weighted by Crippen LogP contribution is 2.29. The van der Waals surface area contributed by atoms with Crippen LogP contribution in [0.5, 0.6) is 23.0 Å². The molecule has 2 fully saturated rings. The Bertz CT molecular complexity index is 1150. The summed E-state index contributed by atoms with van der Waals surface area (Å²) in [6.45, 7) is 12.2. The van der Waals surface area contributed by atoms with Crippen LogP contribution in [0.1, 0.15) is 64.0 Å². The fourth-order valence-corrected chi connectivity index (χ4v) is 5.14. The van der Waals surface area contributed by atoms with E-state index in [0.717, 1.165) is 44.2 Å². The molecule has 2 unspecified atom stereocenters. The number of carbonyl (C=O) groups excluding carboxylic acids is 2. The van der Waals surface area contributed by atoms with Crippen molar-refractivity contribution in [2.45, 2.75) is 78.8 Å². The highest BCUT2D eigenvalue weighted by molar-refractivity contribution is 5.78. The lowest BCUT2D eigenvalue weighted by Crippen LogP contribution is -2.48. The van der Waals surface area contributed by atoms with Crippen LogP contribution >= 0.6 is 0 Å². The zero-order valence-electron chi connectivity index (χ0n) is 25.1. The SMILES string of the molecule is CCOC(=O)N1CCCC1COc1cccc(O)c1C.Cc1c(O)cccc1OCC1CCCCN1C(=O)C(C)C. The number of hydrogen-bond donors (Lipinski definition) is 2. The summed E-state index contributed by atoms with van der Waals surface area (Å²) < 4.78 is 16.7. The van der Waals surface area contributed by atoms with Crippen molar-refractivity contribution in [1.82, 2.24) is 9.80 Å². The molecule has 0 aliphatic carbocycles. The molecule has 9 nitrogen and oxygen atoms in total. The van der Waals surface area contributed by atoms with Crippen LogP contribution in [-0.2, 0) is 9.53 Å². The van der Waals surface area contributed by atoms with Gasteiger partial charge in [-0.1, -0.05) is 26.0 Å². The fraction of sp³-hybridized carbons (Fsp3) is 0.562. The number of phenolic OH excluding ortho intramolecular Hbond substituents is 2. The molecule has 0 radical (unpaired) electrons. The molecule has 4 rings (SSSR count). The molecule has 2 atom stereocenters. The number of likely N-dealkylation sites (tertiary alicyclic amines) is 2. The minimum absolute atomic E-state index is 0.0214. The van der Waals surface area contributed by atoms with Crippen molar-refractivity contribution in [2.75, 3.05) is 32.9 Å². The van der Waals surface area contributed by atoms with E-state index in [1.165, 1.54) is 0 Å². The first kappa shape index (κ1) is 31.9. The van der Waals surface area contributed by atoms with E-state index in [2.05, 4.69) is 0 Å². The van der Waals surface area contributed by atoms with Gasteiger partial charge >= 0.3 is 6.09 Å². The number of benzene rings is 2. The van der Waals surface area contributed by atoms with Gasteiger partial charge in [-0.25, -0.2) is 4.79 Å². The molecule has 9 heteroatoms. The summed E-state index contributed by atoms with van der Waals surface area (Å²) in [7, 11) is 0. The zero-order chi connectivity index (χ0) is 29.9. The molecule has 41 heavy (non-hydrogen) atoms. The van der Waals surface area contributed by atoms with Crippen LogP contribution in [0.15, 0.2) is 36.4 Å². The molecular weight excluding hydrogens is 524 g/mol. The minimum atomic E-state index is -0.272. The second-order valence-corrected chi connectivity index (χ2v) is 10.9. The summed E-state index contributed by atoms with van der Waals surface area (Å²) in [5.41, 5.74) is 1.46. The quantitative estimate of drug-likeness (QED) is 0.412. The van der Waals surface area contributed by atoms with Gasteiger partial charge in [0.15, 0.2) is 0 Å². The molecular formula is C32H46N2O7. The van der Waals surface area contributed by atoms with Gasteiger partial charge in [-0.05, 0) is 77.1 Å². The van der Waals surface area contributed by atoms with Crippen molar-refractivity contribution < 1.29 is 34.0 Å². The maximum Gasteiger partial charge on any atom is 0.410 e. The Labute approximate surface area is 244 Å². The summed E-state index contributed by atoms with van der Waals surface area (Å²) in [4.78, 5) is 27.8. The third-order valence-electron chi connectivity index (χ3n) is 7.66. The van der Waals surface area contributed by atoms with E-state index in [1.54, 1.807) is 36.1 Å². The number of nitrogens with zero attached hydrogens (tertiary/aromatic N) is 2. The van der Waals surface area contributed by atoms with Crippen LogP contribution in [0.2, 0.25) is 0 Å². The highest BCUT2D eigenvalue weighted by Gasteiger charge is 2.31. The van der Waals surface area contributed by atoms with Gasteiger partial charge < -0.3 is 34.2 Å². The number of rotatable bonds is 8. The van der Waals surface area contributed by atoms with E-state index in [-0.39, 0.29) is 41.5 Å². The molecule has 2 saturated heterocycles. The number of phenols is 2. The summed E-state index contributed by atoms with van der Waals surface area (Å²) in [6, 6.07) is 10.6. The van der Waals surface area contributed by atoms with Crippen LogP contribution in [0.4, 0.5) is 4.79 Å². The lowest BCUT2D eigenvalue weighted by molar-refractivity contribution is -0.139. The molecule has 226 valence electrons. The molecule has 2 aromatic rings. The van der Waals surface area contributed by atoms with E-state index >= 15 is 0 Å². The van der Waals surface area contributed by atoms with E-state index in [1.807, 2.05) is 44.7 Å². The van der Waals surface area contributed by atoms with Crippen molar-refractivity contribution in [3.63, 3.8) is 0 Å². The Balaban J connectivity index is 0.000000226. The van der Waals surface area contributed by atoms with Crippen molar-refractivity contribution in [3.05, 3.63) is 47.5 Å². The van der Waals surface area contributed by atoms with E-state index in [9.17, 15) is 19.8 Å². The minimum Gasteiger partial charge on any atom is -0.508 e. The molecule has 2 amide bonds. The zero-order valence-corrected chi connectivity index (χ0v) is 25.1. The van der Waals surface area contributed by atoms with Gasteiger partial charge in [-0.15, -0.1) is 0 Å². The third kappa shape index (κ3) is 8.68.